The first-order chi connectivity index (χ1) is 24.7. The normalized spacial score (nSPS) is 17.1. The highest BCUT2D eigenvalue weighted by Crippen LogP contribution is 2.31. The molecule has 0 aliphatic carbocycles. The molecule has 4 aromatic rings. The van der Waals surface area contributed by atoms with Crippen molar-refractivity contribution in [1.29, 1.82) is 0 Å². The summed E-state index contributed by atoms with van der Waals surface area (Å²) in [6.45, 7) is 0.487. The number of fused-ring (bicyclic) bond motifs is 2. The van der Waals surface area contributed by atoms with Gasteiger partial charge in [0.2, 0.25) is 11.8 Å². The van der Waals surface area contributed by atoms with Gasteiger partial charge in [0.1, 0.15) is 23.7 Å². The van der Waals surface area contributed by atoms with Gasteiger partial charge in [-0.1, -0.05) is 72.7 Å². The Morgan fingerprint density at radius 2 is 1.61 bits per heavy atom. The standard InChI is InChI=1S/C39H40N6O6/c1-5-21-43(38(48)40-23-28-15-17-31(50-4)18-16-28)44-26-36(46)45-34(22-27-13-19-32(20-14-27)51-39(49)41(2)3)37(47)42(25-35(44)45)24-30-11-8-10-29-9-6-7-12-33(29)30/h1,6-20,34-35H,21-26H2,2-4H3,(H,40,48)/t34-,35+/m0/s1. The van der Waals surface area contributed by atoms with Crippen molar-refractivity contribution in [1.82, 2.24) is 30.0 Å². The maximum atomic E-state index is 14.4. The first-order valence-electron chi connectivity index (χ1n) is 16.6. The Morgan fingerprint density at radius 3 is 2.31 bits per heavy atom. The van der Waals surface area contributed by atoms with Gasteiger partial charge in [-0.25, -0.2) is 14.6 Å². The molecule has 6 rings (SSSR count). The highest BCUT2D eigenvalue weighted by Gasteiger charge is 2.52. The van der Waals surface area contributed by atoms with Gasteiger partial charge in [-0.05, 0) is 51.7 Å². The van der Waals surface area contributed by atoms with Crippen LogP contribution in [-0.4, -0.2) is 102 Å². The fraction of sp³-hybridized carbons (Fsp3) is 0.282. The number of nitrogens with zero attached hydrogens (tertiary/aromatic N) is 5. The molecule has 0 spiro atoms. The van der Waals surface area contributed by atoms with Crippen molar-refractivity contribution in [3.05, 3.63) is 108 Å². The highest BCUT2D eigenvalue weighted by molar-refractivity contribution is 5.92. The van der Waals surface area contributed by atoms with Gasteiger partial charge in [0, 0.05) is 33.6 Å². The summed E-state index contributed by atoms with van der Waals surface area (Å²) in [5, 5.41) is 8.06. The van der Waals surface area contributed by atoms with Crippen molar-refractivity contribution in [3.8, 4) is 23.8 Å². The van der Waals surface area contributed by atoms with Crippen LogP contribution in [0.1, 0.15) is 16.7 Å². The van der Waals surface area contributed by atoms with Crippen LogP contribution in [0, 0.1) is 12.3 Å². The van der Waals surface area contributed by atoms with Crippen LogP contribution < -0.4 is 14.8 Å². The Labute approximate surface area is 297 Å². The Hall–Kier alpha value is -6.06. The van der Waals surface area contributed by atoms with E-state index < -0.39 is 24.3 Å². The number of methoxy groups -OCH3 is 1. The number of benzene rings is 4. The number of carbonyl (C=O) groups excluding carboxylic acids is 4. The summed E-state index contributed by atoms with van der Waals surface area (Å²) in [6, 6.07) is 26.9. The molecule has 2 saturated heterocycles. The lowest BCUT2D eigenvalue weighted by Gasteiger charge is -2.46. The van der Waals surface area contributed by atoms with Gasteiger partial charge in [-0.2, -0.15) is 5.01 Å². The van der Waals surface area contributed by atoms with Crippen LogP contribution in [0.5, 0.6) is 11.5 Å². The lowest BCUT2D eigenvalue weighted by atomic mass is 9.99. The Morgan fingerprint density at radius 1 is 0.922 bits per heavy atom. The number of nitrogens with one attached hydrogen (secondary N) is 1. The molecule has 0 unspecified atom stereocenters. The number of rotatable bonds is 10. The minimum absolute atomic E-state index is 0.0822. The minimum atomic E-state index is -0.860. The van der Waals surface area contributed by atoms with Crippen molar-refractivity contribution < 1.29 is 28.7 Å². The molecule has 0 saturated carbocycles. The molecule has 0 aromatic heterocycles. The summed E-state index contributed by atoms with van der Waals surface area (Å²) >= 11 is 0. The Balaban J connectivity index is 1.29. The van der Waals surface area contributed by atoms with Crippen LogP contribution in [0.3, 0.4) is 0 Å². The van der Waals surface area contributed by atoms with Crippen molar-refractivity contribution in [3.63, 3.8) is 0 Å². The summed E-state index contributed by atoms with van der Waals surface area (Å²) < 4.78 is 10.6. The topological polar surface area (TPSA) is 115 Å². The minimum Gasteiger partial charge on any atom is -0.497 e. The number of piperazine rings is 1. The van der Waals surface area contributed by atoms with Crippen LogP contribution in [0.15, 0.2) is 91.0 Å². The molecule has 2 aliphatic heterocycles. The largest absolute Gasteiger partial charge is 0.497 e. The van der Waals surface area contributed by atoms with E-state index in [1.54, 1.807) is 60.3 Å². The van der Waals surface area contributed by atoms with Crippen LogP contribution >= 0.6 is 0 Å². The number of amides is 5. The molecule has 12 nitrogen and oxygen atoms in total. The maximum Gasteiger partial charge on any atom is 0.414 e. The second-order valence-corrected chi connectivity index (χ2v) is 12.6. The molecule has 5 amide bonds. The van der Waals surface area contributed by atoms with Crippen molar-refractivity contribution >= 4 is 34.7 Å². The number of urea groups is 1. The third-order valence-corrected chi connectivity index (χ3v) is 9.12. The predicted octanol–water partition coefficient (Wildman–Crippen LogP) is 4.09. The monoisotopic (exact) mass is 688 g/mol. The summed E-state index contributed by atoms with van der Waals surface area (Å²) in [4.78, 5) is 58.7. The van der Waals surface area contributed by atoms with E-state index in [9.17, 15) is 19.2 Å². The number of hydrogen-bond donors (Lipinski definition) is 1. The van der Waals surface area contributed by atoms with Crippen LogP contribution in [0.25, 0.3) is 10.8 Å². The van der Waals surface area contributed by atoms with E-state index >= 15 is 0 Å². The SMILES string of the molecule is C#CCN(C(=O)NCc1ccc(OC)cc1)N1CC(=O)N2[C@@H](Cc3ccc(OC(=O)N(C)C)cc3)C(=O)N(Cc3cccc4ccccc34)C[C@@H]21. The molecule has 262 valence electrons. The van der Waals surface area contributed by atoms with E-state index in [4.69, 9.17) is 15.9 Å². The van der Waals surface area contributed by atoms with Crippen molar-refractivity contribution in [2.75, 3.05) is 40.8 Å². The molecule has 51 heavy (non-hydrogen) atoms. The van der Waals surface area contributed by atoms with Gasteiger partial charge in [-0.3, -0.25) is 9.59 Å². The average molecular weight is 689 g/mol. The number of ether oxygens (including phenoxy) is 2. The van der Waals surface area contributed by atoms with Crippen LogP contribution in [0.2, 0.25) is 0 Å². The molecule has 12 heteroatoms. The third kappa shape index (κ3) is 7.59. The first-order valence-corrected chi connectivity index (χ1v) is 16.6. The highest BCUT2D eigenvalue weighted by atomic mass is 16.6. The molecule has 4 aromatic carbocycles. The Kier molecular flexibility index (Phi) is 10.4. The fourth-order valence-electron chi connectivity index (χ4n) is 6.51. The zero-order valence-corrected chi connectivity index (χ0v) is 28.8. The van der Waals surface area contributed by atoms with Gasteiger partial charge >= 0.3 is 12.1 Å². The third-order valence-electron chi connectivity index (χ3n) is 9.12. The van der Waals surface area contributed by atoms with E-state index in [0.29, 0.717) is 18.0 Å². The van der Waals surface area contributed by atoms with Gasteiger partial charge in [-0.15, -0.1) is 6.42 Å². The molecule has 2 heterocycles. The van der Waals surface area contributed by atoms with Crippen molar-refractivity contribution in [2.24, 2.45) is 0 Å². The lowest BCUT2D eigenvalue weighted by Crippen LogP contribution is -2.66. The fourth-order valence-corrected chi connectivity index (χ4v) is 6.51. The van der Waals surface area contributed by atoms with Crippen LogP contribution in [0.4, 0.5) is 9.59 Å². The summed E-state index contributed by atoms with van der Waals surface area (Å²) in [5.74, 6) is 3.13. The van der Waals surface area contributed by atoms with E-state index in [1.165, 1.54) is 9.91 Å². The number of carbonyl (C=O) groups is 4. The maximum absolute atomic E-state index is 14.4. The van der Waals surface area contributed by atoms with Gasteiger partial charge in [0.05, 0.1) is 26.7 Å². The summed E-state index contributed by atoms with van der Waals surface area (Å²) in [7, 11) is 4.78. The van der Waals surface area contributed by atoms with Crippen molar-refractivity contribution in [2.45, 2.75) is 31.7 Å². The quantitative estimate of drug-likeness (QED) is 0.250. The zero-order chi connectivity index (χ0) is 36.1. The van der Waals surface area contributed by atoms with Crippen LogP contribution in [-0.2, 0) is 29.1 Å². The Bertz CT molecular complexity index is 1950. The first kappa shape index (κ1) is 34.8. The summed E-state index contributed by atoms with van der Waals surface area (Å²) in [5.41, 5.74) is 2.60. The molecular weight excluding hydrogens is 648 g/mol. The van der Waals surface area contributed by atoms with Gasteiger partial charge in [0.15, 0.2) is 0 Å². The van der Waals surface area contributed by atoms with E-state index in [-0.39, 0.29) is 44.4 Å². The molecular formula is C39H40N6O6. The second kappa shape index (κ2) is 15.2. The summed E-state index contributed by atoms with van der Waals surface area (Å²) in [6.07, 6.45) is 4.80. The molecule has 0 radical (unpaired) electrons. The number of hydrogen-bond acceptors (Lipinski definition) is 7. The number of hydrazine groups is 1. The lowest BCUT2D eigenvalue weighted by molar-refractivity contribution is -0.157. The second-order valence-electron chi connectivity index (χ2n) is 12.6. The molecule has 2 fully saturated rings. The van der Waals surface area contributed by atoms with Gasteiger partial charge in [0.25, 0.3) is 0 Å². The molecule has 2 aliphatic rings. The predicted molar refractivity (Wildman–Crippen MR) is 191 cm³/mol. The van der Waals surface area contributed by atoms with E-state index in [0.717, 1.165) is 27.5 Å². The van der Waals surface area contributed by atoms with E-state index in [2.05, 4.69) is 11.2 Å². The van der Waals surface area contributed by atoms with Gasteiger partial charge < -0.3 is 29.5 Å². The molecule has 0 bridgehead atoms. The smallest absolute Gasteiger partial charge is 0.414 e. The average Bonchev–Trinajstić information content (AvgIpc) is 3.46. The zero-order valence-electron chi connectivity index (χ0n) is 28.8. The molecule has 1 N–H and O–H groups in total. The molecule has 2 atom stereocenters. The number of terminal acetylenes is 1. The van der Waals surface area contributed by atoms with E-state index in [1.807, 2.05) is 66.7 Å².